The minimum atomic E-state index is -1.31. The maximum Gasteiger partial charge on any atom is 0.323 e. The molecule has 3 heterocycles. The first-order valence-corrected chi connectivity index (χ1v) is 14.6. The van der Waals surface area contributed by atoms with E-state index in [1.807, 2.05) is 0 Å². The van der Waals surface area contributed by atoms with Gasteiger partial charge in [0.15, 0.2) is 18.1 Å². The number of carboxylic acids is 1. The summed E-state index contributed by atoms with van der Waals surface area (Å²) in [5, 5.41) is 12.1. The molecule has 0 radical (unpaired) electrons. The molecule has 0 bridgehead atoms. The maximum absolute atomic E-state index is 13.4. The number of aromatic amines is 1. The number of halogens is 2. The molecular formula is C26H21Cl2N3O8S2. The number of thioether (sulfide) groups is 1. The van der Waals surface area contributed by atoms with E-state index in [0.29, 0.717) is 26.2 Å². The summed E-state index contributed by atoms with van der Waals surface area (Å²) in [4.78, 5) is 66.2. The minimum Gasteiger partial charge on any atom is -0.490 e. The van der Waals surface area contributed by atoms with Gasteiger partial charge >= 0.3 is 10.8 Å². The van der Waals surface area contributed by atoms with E-state index in [1.165, 1.54) is 6.07 Å². The maximum atomic E-state index is 13.4. The van der Waals surface area contributed by atoms with Crippen molar-refractivity contribution in [2.75, 3.05) is 25.1 Å². The SMILES string of the molecule is CCOc1cc([C@H]2c3sc(=O)[nH]c3SC3C(=O)N(CC(=O)O)C(=O)C32)ccc1OCC(=O)Nc1ccc(Cl)c(Cl)c1. The van der Waals surface area contributed by atoms with Crippen molar-refractivity contribution in [3.05, 3.63) is 66.6 Å². The molecule has 2 aliphatic rings. The highest BCUT2D eigenvalue weighted by molar-refractivity contribution is 8.00. The first-order chi connectivity index (χ1) is 19.6. The van der Waals surface area contributed by atoms with Crippen LogP contribution < -0.4 is 19.7 Å². The van der Waals surface area contributed by atoms with E-state index in [1.54, 1.807) is 37.3 Å². The van der Waals surface area contributed by atoms with Crippen molar-refractivity contribution in [1.82, 2.24) is 9.88 Å². The van der Waals surface area contributed by atoms with E-state index >= 15 is 0 Å². The predicted molar refractivity (Wildman–Crippen MR) is 152 cm³/mol. The average molecular weight is 639 g/mol. The number of anilines is 1. The molecule has 15 heteroatoms. The first kappa shape index (κ1) is 29.0. The molecule has 5 rings (SSSR count). The Bertz CT molecular complexity index is 1620. The Kier molecular flexibility index (Phi) is 8.32. The Hall–Kier alpha value is -3.52. The number of aliphatic carboxylic acids is 1. The number of H-pyrrole nitrogens is 1. The number of thiazole rings is 1. The van der Waals surface area contributed by atoms with Gasteiger partial charge in [0.1, 0.15) is 11.8 Å². The zero-order valence-electron chi connectivity index (χ0n) is 21.1. The average Bonchev–Trinajstić information content (AvgIpc) is 3.40. The van der Waals surface area contributed by atoms with Gasteiger partial charge in [-0.1, -0.05) is 52.4 Å². The molecule has 1 aromatic heterocycles. The highest BCUT2D eigenvalue weighted by atomic mass is 35.5. The summed E-state index contributed by atoms with van der Waals surface area (Å²) >= 11 is 13.9. The van der Waals surface area contributed by atoms with Crippen LogP contribution >= 0.6 is 46.3 Å². The van der Waals surface area contributed by atoms with Gasteiger partial charge < -0.3 is 24.9 Å². The van der Waals surface area contributed by atoms with Crippen LogP contribution in [0.15, 0.2) is 46.2 Å². The minimum absolute atomic E-state index is 0.255. The van der Waals surface area contributed by atoms with Gasteiger partial charge in [0.25, 0.3) is 5.91 Å². The van der Waals surface area contributed by atoms with Gasteiger partial charge in [-0.05, 0) is 42.8 Å². The van der Waals surface area contributed by atoms with Crippen LogP contribution in [0.4, 0.5) is 5.69 Å². The summed E-state index contributed by atoms with van der Waals surface area (Å²) in [6, 6.07) is 9.54. The van der Waals surface area contributed by atoms with Crippen LogP contribution in [-0.4, -0.2) is 63.7 Å². The summed E-state index contributed by atoms with van der Waals surface area (Å²) < 4.78 is 11.5. The van der Waals surface area contributed by atoms with Gasteiger partial charge in [-0.25, -0.2) is 0 Å². The predicted octanol–water partition coefficient (Wildman–Crippen LogP) is 3.84. The second kappa shape index (κ2) is 11.8. The molecule has 3 aromatic rings. The summed E-state index contributed by atoms with van der Waals surface area (Å²) in [6.07, 6.45) is 0. The fourth-order valence-electron chi connectivity index (χ4n) is 4.74. The molecule has 214 valence electrons. The molecule has 3 atom stereocenters. The zero-order chi connectivity index (χ0) is 29.4. The highest BCUT2D eigenvalue weighted by Crippen LogP contribution is 2.53. The van der Waals surface area contributed by atoms with Gasteiger partial charge in [-0.2, -0.15) is 0 Å². The number of hydrogen-bond donors (Lipinski definition) is 3. The lowest BCUT2D eigenvalue weighted by Gasteiger charge is -2.30. The smallest absolute Gasteiger partial charge is 0.323 e. The fraction of sp³-hybridized carbons (Fsp3) is 0.269. The molecule has 3 N–H and O–H groups in total. The Morgan fingerprint density at radius 1 is 1.05 bits per heavy atom. The van der Waals surface area contributed by atoms with Crippen LogP contribution in [-0.2, 0) is 19.2 Å². The number of carbonyl (C=O) groups excluding carboxylic acids is 3. The number of nitrogens with zero attached hydrogens (tertiary/aromatic N) is 1. The van der Waals surface area contributed by atoms with Crippen LogP contribution in [0, 0.1) is 5.92 Å². The number of hydrogen-bond acceptors (Lipinski definition) is 9. The van der Waals surface area contributed by atoms with Crippen LogP contribution in [0.5, 0.6) is 11.5 Å². The quantitative estimate of drug-likeness (QED) is 0.297. The summed E-state index contributed by atoms with van der Waals surface area (Å²) in [5.41, 5.74) is 0.998. The number of nitrogens with one attached hydrogen (secondary N) is 2. The van der Waals surface area contributed by atoms with Crippen LogP contribution in [0.2, 0.25) is 10.0 Å². The Morgan fingerprint density at radius 3 is 2.54 bits per heavy atom. The van der Waals surface area contributed by atoms with E-state index in [4.69, 9.17) is 32.7 Å². The molecule has 3 amide bonds. The van der Waals surface area contributed by atoms with Crippen molar-refractivity contribution >= 4 is 75.7 Å². The number of benzene rings is 2. The summed E-state index contributed by atoms with van der Waals surface area (Å²) in [5.74, 6) is -4.12. The Morgan fingerprint density at radius 2 is 1.83 bits per heavy atom. The number of likely N-dealkylation sites (tertiary alicyclic amines) is 1. The third-order valence-electron chi connectivity index (χ3n) is 6.40. The first-order valence-electron chi connectivity index (χ1n) is 12.2. The molecule has 2 unspecified atom stereocenters. The van der Waals surface area contributed by atoms with Crippen molar-refractivity contribution in [1.29, 1.82) is 0 Å². The van der Waals surface area contributed by atoms with Crippen molar-refractivity contribution in [3.63, 3.8) is 0 Å². The summed E-state index contributed by atoms with van der Waals surface area (Å²) in [6.45, 7) is 0.919. The van der Waals surface area contributed by atoms with Crippen LogP contribution in [0.25, 0.3) is 0 Å². The number of amides is 3. The number of fused-ring (bicyclic) bond motifs is 2. The lowest BCUT2D eigenvalue weighted by Crippen LogP contribution is -2.36. The van der Waals surface area contributed by atoms with Crippen molar-refractivity contribution < 1.29 is 33.8 Å². The molecule has 0 spiro atoms. The number of carbonyl (C=O) groups is 4. The molecule has 1 saturated heterocycles. The third-order valence-corrected chi connectivity index (χ3v) is 9.54. The molecular weight excluding hydrogens is 617 g/mol. The second-order valence-corrected chi connectivity index (χ2v) is 12.0. The number of imide groups is 1. The van der Waals surface area contributed by atoms with Gasteiger partial charge in [0, 0.05) is 16.5 Å². The van der Waals surface area contributed by atoms with E-state index in [2.05, 4.69) is 10.3 Å². The molecule has 41 heavy (non-hydrogen) atoms. The molecule has 0 saturated carbocycles. The fourth-order valence-corrected chi connectivity index (χ4v) is 7.58. The number of rotatable bonds is 9. The lowest BCUT2D eigenvalue weighted by molar-refractivity contribution is -0.149. The summed E-state index contributed by atoms with van der Waals surface area (Å²) in [7, 11) is 0. The highest BCUT2D eigenvalue weighted by Gasteiger charge is 2.56. The molecule has 2 aliphatic heterocycles. The van der Waals surface area contributed by atoms with Gasteiger partial charge in [-0.3, -0.25) is 28.9 Å². The number of aromatic nitrogens is 1. The molecule has 1 fully saturated rings. The van der Waals surface area contributed by atoms with Crippen molar-refractivity contribution in [3.8, 4) is 11.5 Å². The normalized spacial score (nSPS) is 19.5. The van der Waals surface area contributed by atoms with Crippen LogP contribution in [0.3, 0.4) is 0 Å². The van der Waals surface area contributed by atoms with Gasteiger partial charge in [0.2, 0.25) is 11.8 Å². The molecule has 2 aromatic carbocycles. The van der Waals surface area contributed by atoms with E-state index in [-0.39, 0.29) is 34.6 Å². The monoisotopic (exact) mass is 637 g/mol. The zero-order valence-corrected chi connectivity index (χ0v) is 24.3. The number of carboxylic acid groups (broad SMARTS) is 1. The second-order valence-electron chi connectivity index (χ2n) is 9.01. The standard InChI is InChI=1S/C26H21Cl2N3O8S2/c1-2-38-16-7-11(3-6-15(16)39-10-17(32)29-12-4-5-13(27)14(28)8-12)19-20-22(40-23-21(19)41-26(37)30-23)25(36)31(24(20)35)9-18(33)34/h3-8,19-20,22H,2,9-10H2,1H3,(H,29,32)(H,30,37)(H,33,34)/t19-,20?,22?/m1/s1. The topological polar surface area (TPSA) is 155 Å². The Balaban J connectivity index is 1.43. The molecule has 0 aliphatic carbocycles. The molecule has 11 nitrogen and oxygen atoms in total. The van der Waals surface area contributed by atoms with Gasteiger partial charge in [0.05, 0.1) is 27.6 Å². The largest absolute Gasteiger partial charge is 0.490 e. The van der Waals surface area contributed by atoms with E-state index < -0.39 is 47.3 Å². The van der Waals surface area contributed by atoms with Crippen LogP contribution in [0.1, 0.15) is 23.3 Å². The van der Waals surface area contributed by atoms with Crippen molar-refractivity contribution in [2.24, 2.45) is 5.92 Å². The van der Waals surface area contributed by atoms with Gasteiger partial charge in [-0.15, -0.1) is 0 Å². The van der Waals surface area contributed by atoms with E-state index in [0.717, 1.165) is 28.0 Å². The van der Waals surface area contributed by atoms with Crippen molar-refractivity contribution in [2.45, 2.75) is 23.1 Å². The number of ether oxygens (including phenoxy) is 2. The van der Waals surface area contributed by atoms with E-state index in [9.17, 15) is 29.1 Å². The third kappa shape index (κ3) is 5.80. The lowest BCUT2D eigenvalue weighted by atomic mass is 9.83. The Labute approximate surface area is 250 Å².